The molecule has 0 fully saturated rings. The maximum atomic E-state index is 8.59. The molecule has 2 nitrogen and oxygen atoms in total. The number of aromatic nitrogens is 1. The number of halogens is 1. The van der Waals surface area contributed by atoms with Gasteiger partial charge in [0, 0.05) is 16.8 Å². The first kappa shape index (κ1) is 11.4. The topological polar surface area (TPSA) is 36.7 Å². The summed E-state index contributed by atoms with van der Waals surface area (Å²) in [5, 5.41) is 9.49. The molecule has 4 heteroatoms. The van der Waals surface area contributed by atoms with Gasteiger partial charge in [-0.2, -0.15) is 5.26 Å². The molecule has 0 amide bonds. The fraction of sp³-hybridized carbons (Fsp3) is 0.400. The van der Waals surface area contributed by atoms with Crippen LogP contribution in [0, 0.1) is 11.3 Å². The molecule has 1 aromatic rings. The van der Waals surface area contributed by atoms with Crippen LogP contribution in [0.4, 0.5) is 0 Å². The van der Waals surface area contributed by atoms with Gasteiger partial charge in [0.15, 0.2) is 0 Å². The van der Waals surface area contributed by atoms with Crippen LogP contribution in [0.3, 0.4) is 0 Å². The van der Waals surface area contributed by atoms with Gasteiger partial charge >= 0.3 is 0 Å². The van der Waals surface area contributed by atoms with E-state index in [-0.39, 0.29) is 4.75 Å². The van der Waals surface area contributed by atoms with Gasteiger partial charge in [0.25, 0.3) is 0 Å². The summed E-state index contributed by atoms with van der Waals surface area (Å²) in [6, 6.07) is 5.64. The second-order valence-corrected chi connectivity index (χ2v) is 5.49. The largest absolute Gasteiger partial charge is 0.249 e. The second-order valence-electron chi connectivity index (χ2n) is 3.49. The zero-order valence-electron chi connectivity index (χ0n) is 8.12. The molecular weight excluding hydrogens is 216 g/mol. The minimum atomic E-state index is -0.0251. The molecule has 0 N–H and O–H groups in total. The lowest BCUT2D eigenvalue weighted by molar-refractivity contribution is 0.807. The van der Waals surface area contributed by atoms with Crippen LogP contribution in [0.15, 0.2) is 23.4 Å². The molecule has 0 bridgehead atoms. The summed E-state index contributed by atoms with van der Waals surface area (Å²) in [5.41, 5.74) is 0.582. The standard InChI is InChI=1S/C10H11ClN2S/c1-10(2,7-11)14-9-4-3-8(5-12)6-13-9/h3-4,6H,7H2,1-2H3. The van der Waals surface area contributed by atoms with Crippen molar-refractivity contribution in [3.8, 4) is 6.07 Å². The van der Waals surface area contributed by atoms with Gasteiger partial charge < -0.3 is 0 Å². The molecule has 0 aliphatic rings. The number of hydrogen-bond acceptors (Lipinski definition) is 3. The molecule has 0 spiro atoms. The van der Waals surface area contributed by atoms with Crippen LogP contribution in [-0.2, 0) is 0 Å². The maximum Gasteiger partial charge on any atom is 0.101 e. The summed E-state index contributed by atoms with van der Waals surface area (Å²) in [6.45, 7) is 4.12. The quantitative estimate of drug-likeness (QED) is 0.587. The molecule has 0 radical (unpaired) electrons. The summed E-state index contributed by atoms with van der Waals surface area (Å²) >= 11 is 7.41. The van der Waals surface area contributed by atoms with Crippen LogP contribution in [0.25, 0.3) is 0 Å². The first-order chi connectivity index (χ1) is 6.57. The molecule has 0 saturated heterocycles. The van der Waals surface area contributed by atoms with E-state index in [1.54, 1.807) is 24.0 Å². The SMILES string of the molecule is CC(C)(CCl)Sc1ccc(C#N)cn1. The van der Waals surface area contributed by atoms with Crippen molar-refractivity contribution >= 4 is 23.4 Å². The summed E-state index contributed by atoms with van der Waals surface area (Å²) < 4.78 is -0.0251. The van der Waals surface area contributed by atoms with Gasteiger partial charge in [-0.05, 0) is 26.0 Å². The summed E-state index contributed by atoms with van der Waals surface area (Å²) in [7, 11) is 0. The van der Waals surface area contributed by atoms with Crippen LogP contribution in [0.2, 0.25) is 0 Å². The fourth-order valence-corrected chi connectivity index (χ4v) is 1.84. The van der Waals surface area contributed by atoms with Gasteiger partial charge in [0.1, 0.15) is 6.07 Å². The van der Waals surface area contributed by atoms with Gasteiger partial charge in [-0.3, -0.25) is 0 Å². The van der Waals surface area contributed by atoms with E-state index in [2.05, 4.69) is 18.8 Å². The molecule has 14 heavy (non-hydrogen) atoms. The predicted molar refractivity (Wildman–Crippen MR) is 59.6 cm³/mol. The highest BCUT2D eigenvalue weighted by molar-refractivity contribution is 8.00. The minimum absolute atomic E-state index is 0.0251. The van der Waals surface area contributed by atoms with Crippen molar-refractivity contribution in [2.75, 3.05) is 5.88 Å². The molecule has 1 aromatic heterocycles. The number of alkyl halides is 1. The van der Waals surface area contributed by atoms with E-state index in [1.807, 2.05) is 12.1 Å². The third kappa shape index (κ3) is 3.21. The molecule has 0 aromatic carbocycles. The van der Waals surface area contributed by atoms with E-state index in [0.29, 0.717) is 11.4 Å². The van der Waals surface area contributed by atoms with E-state index < -0.39 is 0 Å². The highest BCUT2D eigenvalue weighted by atomic mass is 35.5. The molecule has 0 aliphatic carbocycles. The number of rotatable bonds is 3. The Bertz CT molecular complexity index is 340. The van der Waals surface area contributed by atoms with Crippen molar-refractivity contribution in [2.24, 2.45) is 0 Å². The van der Waals surface area contributed by atoms with Crippen molar-refractivity contribution in [3.05, 3.63) is 23.9 Å². The molecule has 74 valence electrons. The van der Waals surface area contributed by atoms with E-state index in [4.69, 9.17) is 16.9 Å². The predicted octanol–water partition coefficient (Wildman–Crippen LogP) is 3.06. The van der Waals surface area contributed by atoms with Gasteiger partial charge in [-0.1, -0.05) is 11.8 Å². The minimum Gasteiger partial charge on any atom is -0.249 e. The van der Waals surface area contributed by atoms with Crippen LogP contribution < -0.4 is 0 Å². The molecule has 1 heterocycles. The number of hydrogen-bond donors (Lipinski definition) is 0. The molecule has 0 saturated carbocycles. The van der Waals surface area contributed by atoms with Gasteiger partial charge in [-0.15, -0.1) is 11.6 Å². The molecule has 0 aliphatic heterocycles. The maximum absolute atomic E-state index is 8.59. The van der Waals surface area contributed by atoms with Crippen molar-refractivity contribution < 1.29 is 0 Å². The Morgan fingerprint density at radius 2 is 2.29 bits per heavy atom. The zero-order chi connectivity index (χ0) is 10.6. The Labute approximate surface area is 93.3 Å². The highest BCUT2D eigenvalue weighted by Gasteiger charge is 2.18. The van der Waals surface area contributed by atoms with Crippen molar-refractivity contribution in [3.63, 3.8) is 0 Å². The summed E-state index contributed by atoms with van der Waals surface area (Å²) in [6.07, 6.45) is 1.58. The van der Waals surface area contributed by atoms with Crippen LogP contribution in [0.1, 0.15) is 19.4 Å². The molecule has 0 unspecified atom stereocenters. The monoisotopic (exact) mass is 226 g/mol. The van der Waals surface area contributed by atoms with Crippen LogP contribution in [0.5, 0.6) is 0 Å². The Kier molecular flexibility index (Phi) is 3.79. The first-order valence-corrected chi connectivity index (χ1v) is 5.53. The van der Waals surface area contributed by atoms with Crippen molar-refractivity contribution in [1.82, 2.24) is 4.98 Å². The number of thioether (sulfide) groups is 1. The van der Waals surface area contributed by atoms with E-state index in [1.165, 1.54) is 0 Å². The van der Waals surface area contributed by atoms with Gasteiger partial charge in [-0.25, -0.2) is 4.98 Å². The second kappa shape index (κ2) is 4.68. The Balaban J connectivity index is 2.75. The van der Waals surface area contributed by atoms with Crippen molar-refractivity contribution in [1.29, 1.82) is 5.26 Å². The Morgan fingerprint density at radius 1 is 1.57 bits per heavy atom. The van der Waals surface area contributed by atoms with E-state index in [0.717, 1.165) is 5.03 Å². The lowest BCUT2D eigenvalue weighted by Crippen LogP contribution is -2.16. The average molecular weight is 227 g/mol. The Morgan fingerprint density at radius 3 is 2.71 bits per heavy atom. The van der Waals surface area contributed by atoms with Gasteiger partial charge in [0.2, 0.25) is 0 Å². The average Bonchev–Trinajstić information content (AvgIpc) is 2.19. The molecular formula is C10H11ClN2S. The normalized spacial score (nSPS) is 11.0. The van der Waals surface area contributed by atoms with E-state index >= 15 is 0 Å². The van der Waals surface area contributed by atoms with Crippen LogP contribution >= 0.6 is 23.4 Å². The molecule has 0 atom stereocenters. The lowest BCUT2D eigenvalue weighted by atomic mass is 10.2. The van der Waals surface area contributed by atoms with Crippen molar-refractivity contribution in [2.45, 2.75) is 23.6 Å². The van der Waals surface area contributed by atoms with Crippen LogP contribution in [-0.4, -0.2) is 15.6 Å². The first-order valence-electron chi connectivity index (χ1n) is 4.18. The van der Waals surface area contributed by atoms with Gasteiger partial charge in [0.05, 0.1) is 10.6 Å². The van der Waals surface area contributed by atoms with E-state index in [9.17, 15) is 0 Å². The number of nitrogens with zero attached hydrogens (tertiary/aromatic N) is 2. The fourth-order valence-electron chi connectivity index (χ4n) is 0.817. The Hall–Kier alpha value is -0.720. The highest BCUT2D eigenvalue weighted by Crippen LogP contribution is 2.31. The summed E-state index contributed by atoms with van der Waals surface area (Å²) in [4.78, 5) is 4.16. The molecule has 1 rings (SSSR count). The lowest BCUT2D eigenvalue weighted by Gasteiger charge is -2.19. The number of nitriles is 1. The third-order valence-electron chi connectivity index (χ3n) is 1.57. The third-order valence-corrected chi connectivity index (χ3v) is 3.54. The smallest absolute Gasteiger partial charge is 0.101 e. The summed E-state index contributed by atoms with van der Waals surface area (Å²) in [5.74, 6) is 0.569. The number of pyridine rings is 1. The zero-order valence-corrected chi connectivity index (χ0v) is 9.69.